The molecule has 0 radical (unpaired) electrons. The molecule has 3 aromatic heterocycles. The summed E-state index contributed by atoms with van der Waals surface area (Å²) in [5.74, 6) is 2.04. The van der Waals surface area contributed by atoms with Gasteiger partial charge in [0, 0.05) is 11.9 Å². The van der Waals surface area contributed by atoms with Crippen molar-refractivity contribution < 1.29 is 9.21 Å². The van der Waals surface area contributed by atoms with Crippen molar-refractivity contribution in [3.63, 3.8) is 0 Å². The second kappa shape index (κ2) is 10.7. The fourth-order valence-electron chi connectivity index (χ4n) is 2.96. The molecule has 1 N–H and O–H groups in total. The first-order valence-corrected chi connectivity index (χ1v) is 12.8. The Balaban J connectivity index is 1.53. The third kappa shape index (κ3) is 5.78. The Kier molecular flexibility index (Phi) is 7.75. The minimum atomic E-state index is -0.151. The van der Waals surface area contributed by atoms with Crippen LogP contribution in [-0.2, 0) is 5.75 Å². The molecule has 3 heterocycles. The van der Waals surface area contributed by atoms with Crippen LogP contribution >= 0.6 is 46.3 Å². The summed E-state index contributed by atoms with van der Waals surface area (Å²) in [7, 11) is 0. The summed E-state index contributed by atoms with van der Waals surface area (Å²) >= 11 is 15.3. The van der Waals surface area contributed by atoms with E-state index in [0.29, 0.717) is 50.7 Å². The number of thiazole rings is 1. The van der Waals surface area contributed by atoms with Crippen molar-refractivity contribution in [3.8, 4) is 17.3 Å². The Morgan fingerprint density at radius 2 is 2.09 bits per heavy atom. The fourth-order valence-corrected chi connectivity index (χ4v) is 4.99. The van der Waals surface area contributed by atoms with Gasteiger partial charge in [0.05, 0.1) is 27.7 Å². The molecule has 0 fully saturated rings. The topological polar surface area (TPSA) is 85.8 Å². The molecule has 0 spiro atoms. The first kappa shape index (κ1) is 23.8. The molecule has 1 amide bonds. The molecule has 0 aliphatic heterocycles. The van der Waals surface area contributed by atoms with Crippen LogP contribution in [-0.4, -0.2) is 32.2 Å². The van der Waals surface area contributed by atoms with Crippen LogP contribution in [0, 0.1) is 5.92 Å². The van der Waals surface area contributed by atoms with E-state index < -0.39 is 0 Å². The first-order valence-electron chi connectivity index (χ1n) is 10.2. The van der Waals surface area contributed by atoms with Crippen molar-refractivity contribution in [1.29, 1.82) is 0 Å². The highest BCUT2D eigenvalue weighted by Crippen LogP contribution is 2.33. The van der Waals surface area contributed by atoms with Gasteiger partial charge in [0.1, 0.15) is 10.7 Å². The van der Waals surface area contributed by atoms with Gasteiger partial charge in [-0.3, -0.25) is 9.36 Å². The SMILES string of the molecule is CC(C)CCNC(=O)c1csc(CSc2nnc(-c3ccco3)n2-c2ccc(Cl)c(Cl)c2)n1. The standard InChI is InChI=1S/C22H21Cl2N5O2S2/c1-13(2)7-8-25-21(30)17-11-32-19(26-17)12-33-22-28-27-20(18-4-3-9-31-18)29(22)14-5-6-15(23)16(24)10-14/h3-6,9-11,13H,7-8,12H2,1-2H3,(H,25,30). The number of aromatic nitrogens is 4. The minimum absolute atomic E-state index is 0.151. The Hall–Kier alpha value is -2.33. The average molecular weight is 522 g/mol. The Labute approximate surface area is 209 Å². The monoisotopic (exact) mass is 521 g/mol. The van der Waals surface area contributed by atoms with Gasteiger partial charge in [-0.25, -0.2) is 4.98 Å². The fraction of sp³-hybridized carbons (Fsp3) is 0.273. The molecule has 172 valence electrons. The predicted molar refractivity (Wildman–Crippen MR) is 133 cm³/mol. The molecule has 11 heteroatoms. The van der Waals surface area contributed by atoms with Gasteiger partial charge in [-0.1, -0.05) is 48.8 Å². The van der Waals surface area contributed by atoms with Crippen molar-refractivity contribution in [3.05, 3.63) is 62.7 Å². The van der Waals surface area contributed by atoms with E-state index in [4.69, 9.17) is 27.6 Å². The van der Waals surface area contributed by atoms with Crippen LogP contribution in [0.25, 0.3) is 17.3 Å². The van der Waals surface area contributed by atoms with Crippen molar-refractivity contribution >= 4 is 52.2 Å². The van der Waals surface area contributed by atoms with Gasteiger partial charge in [0.25, 0.3) is 5.91 Å². The van der Waals surface area contributed by atoms with Crippen molar-refractivity contribution in [2.24, 2.45) is 5.92 Å². The van der Waals surface area contributed by atoms with E-state index in [0.717, 1.165) is 17.1 Å². The Morgan fingerprint density at radius 1 is 1.24 bits per heavy atom. The molecule has 0 bridgehead atoms. The molecular weight excluding hydrogens is 501 g/mol. The Morgan fingerprint density at radius 3 is 2.82 bits per heavy atom. The number of hydrogen-bond acceptors (Lipinski definition) is 7. The van der Waals surface area contributed by atoms with Gasteiger partial charge in [0.2, 0.25) is 5.82 Å². The van der Waals surface area contributed by atoms with E-state index in [9.17, 15) is 4.79 Å². The van der Waals surface area contributed by atoms with Gasteiger partial charge < -0.3 is 9.73 Å². The number of thioether (sulfide) groups is 1. The number of furan rings is 1. The van der Waals surface area contributed by atoms with Crippen molar-refractivity contribution in [2.75, 3.05) is 6.54 Å². The number of nitrogens with one attached hydrogen (secondary N) is 1. The first-order chi connectivity index (χ1) is 15.9. The molecule has 0 atom stereocenters. The summed E-state index contributed by atoms with van der Waals surface area (Å²) in [5, 5.41) is 15.7. The average Bonchev–Trinajstić information content (AvgIpc) is 3.54. The zero-order chi connectivity index (χ0) is 23.4. The van der Waals surface area contributed by atoms with Crippen LogP contribution in [0.4, 0.5) is 0 Å². The second-order valence-electron chi connectivity index (χ2n) is 7.57. The van der Waals surface area contributed by atoms with E-state index in [-0.39, 0.29) is 5.91 Å². The number of rotatable bonds is 9. The normalized spacial score (nSPS) is 11.3. The molecule has 0 aliphatic carbocycles. The van der Waals surface area contributed by atoms with Crippen LogP contribution in [0.5, 0.6) is 0 Å². The summed E-state index contributed by atoms with van der Waals surface area (Å²) in [4.78, 5) is 16.8. The molecule has 33 heavy (non-hydrogen) atoms. The third-order valence-corrected chi connectivity index (χ3v) is 7.36. The molecule has 0 saturated carbocycles. The zero-order valence-corrected chi connectivity index (χ0v) is 21.1. The molecule has 4 rings (SSSR count). The maximum absolute atomic E-state index is 12.3. The summed E-state index contributed by atoms with van der Waals surface area (Å²) in [5.41, 5.74) is 1.19. The zero-order valence-electron chi connectivity index (χ0n) is 17.9. The number of benzene rings is 1. The van der Waals surface area contributed by atoms with Crippen molar-refractivity contribution in [1.82, 2.24) is 25.1 Å². The van der Waals surface area contributed by atoms with E-state index in [1.54, 1.807) is 29.8 Å². The summed E-state index contributed by atoms with van der Waals surface area (Å²) < 4.78 is 7.40. The largest absolute Gasteiger partial charge is 0.461 e. The van der Waals surface area contributed by atoms with E-state index in [1.165, 1.54) is 23.1 Å². The van der Waals surface area contributed by atoms with Crippen LogP contribution in [0.1, 0.15) is 35.8 Å². The number of amides is 1. The summed E-state index contributed by atoms with van der Waals surface area (Å²) in [6.07, 6.45) is 2.51. The number of hydrogen-bond donors (Lipinski definition) is 1. The molecule has 0 aliphatic rings. The lowest BCUT2D eigenvalue weighted by Crippen LogP contribution is -2.25. The highest BCUT2D eigenvalue weighted by molar-refractivity contribution is 7.98. The smallest absolute Gasteiger partial charge is 0.270 e. The highest BCUT2D eigenvalue weighted by atomic mass is 35.5. The van der Waals surface area contributed by atoms with E-state index >= 15 is 0 Å². The molecule has 0 unspecified atom stereocenters. The summed E-state index contributed by atoms with van der Waals surface area (Å²) in [6, 6.07) is 8.94. The molecule has 7 nitrogen and oxygen atoms in total. The van der Waals surface area contributed by atoms with Crippen LogP contribution < -0.4 is 5.32 Å². The van der Waals surface area contributed by atoms with Crippen molar-refractivity contribution in [2.45, 2.75) is 31.2 Å². The van der Waals surface area contributed by atoms with Gasteiger partial charge in [-0.2, -0.15) is 0 Å². The van der Waals surface area contributed by atoms with Crippen LogP contribution in [0.15, 0.2) is 51.5 Å². The Bertz CT molecular complexity index is 1240. The lowest BCUT2D eigenvalue weighted by molar-refractivity contribution is 0.0947. The van der Waals surface area contributed by atoms with Crippen LogP contribution in [0.3, 0.4) is 0 Å². The van der Waals surface area contributed by atoms with Gasteiger partial charge in [0.15, 0.2) is 10.9 Å². The molecule has 0 saturated heterocycles. The number of nitrogens with zero attached hydrogens (tertiary/aromatic N) is 4. The van der Waals surface area contributed by atoms with E-state index in [2.05, 4.69) is 34.3 Å². The highest BCUT2D eigenvalue weighted by Gasteiger charge is 2.20. The molecule has 4 aromatic rings. The lowest BCUT2D eigenvalue weighted by Gasteiger charge is -2.10. The van der Waals surface area contributed by atoms with Gasteiger partial charge in [-0.05, 0) is 42.7 Å². The second-order valence-corrected chi connectivity index (χ2v) is 10.3. The van der Waals surface area contributed by atoms with E-state index in [1.807, 2.05) is 16.7 Å². The maximum Gasteiger partial charge on any atom is 0.270 e. The summed E-state index contributed by atoms with van der Waals surface area (Å²) in [6.45, 7) is 4.89. The minimum Gasteiger partial charge on any atom is -0.461 e. The van der Waals surface area contributed by atoms with Gasteiger partial charge >= 0.3 is 0 Å². The number of halogens is 2. The molecule has 1 aromatic carbocycles. The van der Waals surface area contributed by atoms with Gasteiger partial charge in [-0.15, -0.1) is 21.5 Å². The third-order valence-electron chi connectivity index (χ3n) is 4.65. The number of carbonyl (C=O) groups is 1. The number of carbonyl (C=O) groups excluding carboxylic acids is 1. The lowest BCUT2D eigenvalue weighted by atomic mass is 10.1. The quantitative estimate of drug-likeness (QED) is 0.258. The predicted octanol–water partition coefficient (Wildman–Crippen LogP) is 6.36. The van der Waals surface area contributed by atoms with Crippen LogP contribution in [0.2, 0.25) is 10.0 Å². The maximum atomic E-state index is 12.3. The molecular formula is C22H21Cl2N5O2S2.